The molecule has 3 rings (SSSR count). The van der Waals surface area contributed by atoms with E-state index in [0.29, 0.717) is 16.0 Å². The van der Waals surface area contributed by atoms with Crippen LogP contribution in [0.15, 0.2) is 47.2 Å². The van der Waals surface area contributed by atoms with Crippen molar-refractivity contribution in [1.29, 1.82) is 0 Å². The van der Waals surface area contributed by atoms with Crippen LogP contribution in [0.25, 0.3) is 0 Å². The quantitative estimate of drug-likeness (QED) is 0.919. The lowest BCUT2D eigenvalue weighted by atomic mass is 9.76. The second-order valence-corrected chi connectivity index (χ2v) is 6.10. The second-order valence-electron chi connectivity index (χ2n) is 5.25. The SMILES string of the molecule is O=C(NC1CC(c2cccc(F)c2)C1)c1ccncc1Br. The molecule has 1 fully saturated rings. The number of rotatable bonds is 3. The van der Waals surface area contributed by atoms with Gasteiger partial charge in [0.05, 0.1) is 5.56 Å². The van der Waals surface area contributed by atoms with Gasteiger partial charge in [-0.2, -0.15) is 0 Å². The summed E-state index contributed by atoms with van der Waals surface area (Å²) in [5.74, 6) is 0.0135. The minimum Gasteiger partial charge on any atom is -0.349 e. The Morgan fingerprint density at radius 1 is 1.33 bits per heavy atom. The number of hydrogen-bond donors (Lipinski definition) is 1. The molecule has 2 aromatic rings. The fourth-order valence-corrected chi connectivity index (χ4v) is 3.02. The zero-order chi connectivity index (χ0) is 14.8. The van der Waals surface area contributed by atoms with Gasteiger partial charge < -0.3 is 5.32 Å². The monoisotopic (exact) mass is 348 g/mol. The molecule has 0 aliphatic heterocycles. The van der Waals surface area contributed by atoms with Crippen LogP contribution < -0.4 is 5.32 Å². The normalized spacial score (nSPS) is 20.7. The molecule has 21 heavy (non-hydrogen) atoms. The van der Waals surface area contributed by atoms with Crippen molar-refractivity contribution < 1.29 is 9.18 Å². The first-order valence-corrected chi connectivity index (χ1v) is 7.58. The van der Waals surface area contributed by atoms with Gasteiger partial charge in [-0.3, -0.25) is 9.78 Å². The van der Waals surface area contributed by atoms with Crippen LogP contribution in [0.3, 0.4) is 0 Å². The van der Waals surface area contributed by atoms with E-state index in [-0.39, 0.29) is 17.8 Å². The first-order valence-electron chi connectivity index (χ1n) is 6.79. The van der Waals surface area contributed by atoms with Crippen molar-refractivity contribution in [2.45, 2.75) is 24.8 Å². The van der Waals surface area contributed by atoms with Gasteiger partial charge in [-0.15, -0.1) is 0 Å². The number of benzene rings is 1. The lowest BCUT2D eigenvalue weighted by Crippen LogP contribution is -2.43. The highest BCUT2D eigenvalue weighted by Gasteiger charge is 2.31. The number of halogens is 2. The minimum atomic E-state index is -0.208. The van der Waals surface area contributed by atoms with Gasteiger partial charge in [-0.25, -0.2) is 4.39 Å². The van der Waals surface area contributed by atoms with E-state index in [1.165, 1.54) is 6.07 Å². The maximum atomic E-state index is 13.2. The molecule has 108 valence electrons. The fraction of sp³-hybridized carbons (Fsp3) is 0.250. The number of aromatic nitrogens is 1. The van der Waals surface area contributed by atoms with Gasteiger partial charge in [-0.1, -0.05) is 12.1 Å². The lowest BCUT2D eigenvalue weighted by Gasteiger charge is -2.36. The van der Waals surface area contributed by atoms with Crippen molar-refractivity contribution in [3.8, 4) is 0 Å². The van der Waals surface area contributed by atoms with Gasteiger partial charge in [-0.05, 0) is 58.5 Å². The molecule has 1 amide bonds. The van der Waals surface area contributed by atoms with Gasteiger partial charge in [0.2, 0.25) is 0 Å². The van der Waals surface area contributed by atoms with Crippen molar-refractivity contribution in [2.24, 2.45) is 0 Å². The fourth-order valence-electron chi connectivity index (χ4n) is 2.59. The van der Waals surface area contributed by atoms with Crippen LogP contribution in [0.4, 0.5) is 4.39 Å². The Bertz CT molecular complexity index is 671. The molecule has 3 nitrogen and oxygen atoms in total. The Labute approximate surface area is 130 Å². The molecule has 1 aliphatic carbocycles. The summed E-state index contributed by atoms with van der Waals surface area (Å²) in [5.41, 5.74) is 1.59. The first-order chi connectivity index (χ1) is 10.1. The van der Waals surface area contributed by atoms with Crippen LogP contribution in [0.1, 0.15) is 34.7 Å². The maximum absolute atomic E-state index is 13.2. The zero-order valence-corrected chi connectivity index (χ0v) is 12.8. The number of amides is 1. The van der Waals surface area contributed by atoms with Crippen molar-refractivity contribution in [3.05, 3.63) is 64.1 Å². The number of carbonyl (C=O) groups is 1. The van der Waals surface area contributed by atoms with Crippen LogP contribution in [-0.4, -0.2) is 16.9 Å². The molecule has 0 atom stereocenters. The number of nitrogens with one attached hydrogen (secondary N) is 1. The summed E-state index contributed by atoms with van der Waals surface area (Å²) in [6.07, 6.45) is 4.89. The van der Waals surface area contributed by atoms with E-state index in [1.807, 2.05) is 6.07 Å². The molecular weight excluding hydrogens is 335 g/mol. The van der Waals surface area contributed by atoms with E-state index in [1.54, 1.807) is 30.6 Å². The molecule has 1 aliphatic rings. The standard InChI is InChI=1S/C16H14BrFN2O/c17-15-9-19-5-4-14(15)16(21)20-13-7-11(8-13)10-2-1-3-12(18)6-10/h1-6,9,11,13H,7-8H2,(H,20,21). The Kier molecular flexibility index (Phi) is 4.01. The third-order valence-corrected chi connectivity index (χ3v) is 4.44. The summed E-state index contributed by atoms with van der Waals surface area (Å²) in [4.78, 5) is 16.1. The Balaban J connectivity index is 1.58. The lowest BCUT2D eigenvalue weighted by molar-refractivity contribution is 0.0908. The third-order valence-electron chi connectivity index (χ3n) is 3.81. The van der Waals surface area contributed by atoms with Crippen molar-refractivity contribution in [1.82, 2.24) is 10.3 Å². The summed E-state index contributed by atoms with van der Waals surface area (Å²) in [7, 11) is 0. The summed E-state index contributed by atoms with van der Waals surface area (Å²) in [6.45, 7) is 0. The number of carbonyl (C=O) groups excluding carboxylic acids is 1. The smallest absolute Gasteiger partial charge is 0.252 e. The van der Waals surface area contributed by atoms with E-state index in [9.17, 15) is 9.18 Å². The number of pyridine rings is 1. The molecule has 5 heteroatoms. The predicted molar refractivity (Wildman–Crippen MR) is 81.6 cm³/mol. The largest absolute Gasteiger partial charge is 0.349 e. The van der Waals surface area contributed by atoms with Crippen LogP contribution >= 0.6 is 15.9 Å². The van der Waals surface area contributed by atoms with E-state index in [4.69, 9.17) is 0 Å². The number of hydrogen-bond acceptors (Lipinski definition) is 2. The van der Waals surface area contributed by atoms with E-state index >= 15 is 0 Å². The molecule has 0 saturated heterocycles. The summed E-state index contributed by atoms with van der Waals surface area (Å²) in [6, 6.07) is 8.51. The van der Waals surface area contributed by atoms with E-state index in [2.05, 4.69) is 26.2 Å². The molecule has 0 bridgehead atoms. The topological polar surface area (TPSA) is 42.0 Å². The summed E-state index contributed by atoms with van der Waals surface area (Å²) >= 11 is 3.32. The second kappa shape index (κ2) is 5.93. The average molecular weight is 349 g/mol. The minimum absolute atomic E-state index is 0.105. The summed E-state index contributed by atoms with van der Waals surface area (Å²) in [5, 5.41) is 3.00. The third kappa shape index (κ3) is 3.13. The Hall–Kier alpha value is -1.75. The zero-order valence-electron chi connectivity index (χ0n) is 11.2. The van der Waals surface area contributed by atoms with Crippen LogP contribution in [0.2, 0.25) is 0 Å². The van der Waals surface area contributed by atoms with Gasteiger partial charge in [0.25, 0.3) is 5.91 Å². The molecule has 0 radical (unpaired) electrons. The molecule has 1 saturated carbocycles. The summed E-state index contributed by atoms with van der Waals surface area (Å²) < 4.78 is 13.9. The maximum Gasteiger partial charge on any atom is 0.252 e. The van der Waals surface area contributed by atoms with E-state index < -0.39 is 0 Å². The van der Waals surface area contributed by atoms with Gasteiger partial charge >= 0.3 is 0 Å². The molecule has 1 aromatic carbocycles. The Morgan fingerprint density at radius 2 is 2.14 bits per heavy atom. The molecular formula is C16H14BrFN2O. The van der Waals surface area contributed by atoms with Gasteiger partial charge in [0, 0.05) is 22.9 Å². The molecule has 1 aromatic heterocycles. The number of nitrogens with zero attached hydrogens (tertiary/aromatic N) is 1. The highest BCUT2D eigenvalue weighted by Crippen LogP contribution is 2.37. The van der Waals surface area contributed by atoms with Gasteiger partial charge in [0.1, 0.15) is 5.82 Å². The van der Waals surface area contributed by atoms with Crippen LogP contribution in [-0.2, 0) is 0 Å². The molecule has 0 unspecified atom stereocenters. The van der Waals surface area contributed by atoms with E-state index in [0.717, 1.165) is 18.4 Å². The highest BCUT2D eigenvalue weighted by atomic mass is 79.9. The molecule has 0 spiro atoms. The molecule has 1 heterocycles. The van der Waals surface area contributed by atoms with Crippen LogP contribution in [0.5, 0.6) is 0 Å². The predicted octanol–water partition coefficient (Wildman–Crippen LogP) is 3.66. The van der Waals surface area contributed by atoms with Gasteiger partial charge in [0.15, 0.2) is 0 Å². The van der Waals surface area contributed by atoms with Crippen molar-refractivity contribution in [3.63, 3.8) is 0 Å². The first kappa shape index (κ1) is 14.2. The average Bonchev–Trinajstić information content (AvgIpc) is 2.42. The van der Waals surface area contributed by atoms with Crippen molar-refractivity contribution in [2.75, 3.05) is 0 Å². The Morgan fingerprint density at radius 3 is 2.86 bits per heavy atom. The van der Waals surface area contributed by atoms with Crippen molar-refractivity contribution >= 4 is 21.8 Å². The van der Waals surface area contributed by atoms with Crippen LogP contribution in [0, 0.1) is 5.82 Å². The molecule has 1 N–H and O–H groups in total. The highest BCUT2D eigenvalue weighted by molar-refractivity contribution is 9.10.